The zero-order chi connectivity index (χ0) is 31.6. The molecular weight excluding hydrogens is 536 g/mol. The third-order valence-corrected chi connectivity index (χ3v) is 10.0. The summed E-state index contributed by atoms with van der Waals surface area (Å²) in [5, 5.41) is 0. The SMILES string of the molecule is CCCCCCCCCCCCCCCCCCC1=NCCN1CCC(=O)CCCCCCCCCCCCCCCCC. The Bertz CT molecular complexity index is 630. The van der Waals surface area contributed by atoms with Crippen molar-refractivity contribution in [3.63, 3.8) is 0 Å². The molecule has 260 valence electrons. The van der Waals surface area contributed by atoms with Crippen molar-refractivity contribution >= 4 is 11.6 Å². The van der Waals surface area contributed by atoms with E-state index in [-0.39, 0.29) is 0 Å². The summed E-state index contributed by atoms with van der Waals surface area (Å²) in [5.74, 6) is 1.75. The first kappa shape index (κ1) is 41.2. The number of carbonyl (C=O) groups is 1. The smallest absolute Gasteiger partial charge is 0.134 e. The molecule has 0 saturated carbocycles. The fraction of sp³-hybridized carbons (Fsp3) is 0.951. The van der Waals surface area contributed by atoms with Crippen LogP contribution in [0, 0.1) is 0 Å². The van der Waals surface area contributed by atoms with Crippen molar-refractivity contribution in [3.05, 3.63) is 0 Å². The lowest BCUT2D eigenvalue weighted by molar-refractivity contribution is -0.119. The molecule has 0 radical (unpaired) electrons. The Morgan fingerprint density at radius 1 is 0.477 bits per heavy atom. The molecule has 1 heterocycles. The molecule has 0 fully saturated rings. The van der Waals surface area contributed by atoms with Crippen molar-refractivity contribution in [2.75, 3.05) is 19.6 Å². The molecule has 0 bridgehead atoms. The lowest BCUT2D eigenvalue weighted by atomic mass is 10.0. The second-order valence-electron chi connectivity index (χ2n) is 14.3. The zero-order valence-corrected chi connectivity index (χ0v) is 30.5. The number of carbonyl (C=O) groups excluding carboxylic acids is 1. The predicted molar refractivity (Wildman–Crippen MR) is 197 cm³/mol. The van der Waals surface area contributed by atoms with Crippen LogP contribution in [0.3, 0.4) is 0 Å². The summed E-state index contributed by atoms with van der Waals surface area (Å²) >= 11 is 0. The van der Waals surface area contributed by atoms with Crippen LogP contribution in [0.25, 0.3) is 0 Å². The molecular formula is C41H80N2O. The van der Waals surface area contributed by atoms with Gasteiger partial charge in [-0.05, 0) is 12.8 Å². The van der Waals surface area contributed by atoms with Gasteiger partial charge in [-0.1, -0.05) is 200 Å². The van der Waals surface area contributed by atoms with E-state index in [9.17, 15) is 4.79 Å². The van der Waals surface area contributed by atoms with Crippen LogP contribution in [0.2, 0.25) is 0 Å². The van der Waals surface area contributed by atoms with E-state index in [1.165, 1.54) is 198 Å². The van der Waals surface area contributed by atoms with Gasteiger partial charge in [0.05, 0.1) is 12.4 Å². The van der Waals surface area contributed by atoms with Crippen LogP contribution in [0.15, 0.2) is 4.99 Å². The first-order valence-electron chi connectivity index (χ1n) is 20.6. The lowest BCUT2D eigenvalue weighted by Gasteiger charge is -2.20. The van der Waals surface area contributed by atoms with Gasteiger partial charge >= 0.3 is 0 Å². The highest BCUT2D eigenvalue weighted by Gasteiger charge is 2.17. The van der Waals surface area contributed by atoms with Gasteiger partial charge in [0, 0.05) is 32.4 Å². The zero-order valence-electron chi connectivity index (χ0n) is 30.5. The van der Waals surface area contributed by atoms with Crippen molar-refractivity contribution in [2.24, 2.45) is 4.99 Å². The van der Waals surface area contributed by atoms with Gasteiger partial charge in [-0.25, -0.2) is 0 Å². The molecule has 1 aliphatic rings. The molecule has 0 saturated heterocycles. The van der Waals surface area contributed by atoms with E-state index in [0.29, 0.717) is 5.78 Å². The maximum atomic E-state index is 12.5. The van der Waals surface area contributed by atoms with Crippen LogP contribution in [0.5, 0.6) is 0 Å². The molecule has 0 aromatic rings. The van der Waals surface area contributed by atoms with E-state index in [4.69, 9.17) is 4.99 Å². The number of amidine groups is 1. The molecule has 0 aromatic carbocycles. The molecule has 3 nitrogen and oxygen atoms in total. The topological polar surface area (TPSA) is 32.7 Å². The Morgan fingerprint density at radius 2 is 0.818 bits per heavy atom. The van der Waals surface area contributed by atoms with E-state index in [2.05, 4.69) is 18.7 Å². The number of hydrogen-bond donors (Lipinski definition) is 0. The number of hydrogen-bond acceptors (Lipinski definition) is 3. The van der Waals surface area contributed by atoms with E-state index >= 15 is 0 Å². The third kappa shape index (κ3) is 27.5. The number of ketones is 1. The monoisotopic (exact) mass is 617 g/mol. The Labute approximate surface area is 277 Å². The van der Waals surface area contributed by atoms with Crippen molar-refractivity contribution in [3.8, 4) is 0 Å². The quantitative estimate of drug-likeness (QED) is 0.0656. The Balaban J connectivity index is 1.84. The lowest BCUT2D eigenvalue weighted by Crippen LogP contribution is -2.30. The van der Waals surface area contributed by atoms with Crippen molar-refractivity contribution in [2.45, 2.75) is 232 Å². The number of nitrogens with zero attached hydrogens (tertiary/aromatic N) is 2. The number of Topliss-reactive ketones (excluding diaryl/α,β-unsaturated/α-hetero) is 1. The minimum Gasteiger partial charge on any atom is -0.358 e. The molecule has 3 heteroatoms. The van der Waals surface area contributed by atoms with Crippen LogP contribution >= 0.6 is 0 Å². The van der Waals surface area contributed by atoms with Crippen LogP contribution in [0.1, 0.15) is 232 Å². The summed E-state index contributed by atoms with van der Waals surface area (Å²) in [6, 6.07) is 0. The Morgan fingerprint density at radius 3 is 1.20 bits per heavy atom. The minimum atomic E-state index is 0.466. The number of aliphatic imine (C=N–C) groups is 1. The Hall–Kier alpha value is -0.860. The number of unbranched alkanes of at least 4 members (excludes halogenated alkanes) is 29. The highest BCUT2D eigenvalue weighted by Crippen LogP contribution is 2.17. The molecule has 0 aromatic heterocycles. The average Bonchev–Trinajstić information content (AvgIpc) is 3.49. The van der Waals surface area contributed by atoms with Crippen LogP contribution in [-0.4, -0.2) is 36.2 Å². The fourth-order valence-corrected chi connectivity index (χ4v) is 6.92. The van der Waals surface area contributed by atoms with Crippen LogP contribution in [-0.2, 0) is 4.79 Å². The predicted octanol–water partition coefficient (Wildman–Crippen LogP) is 13.6. The van der Waals surface area contributed by atoms with E-state index < -0.39 is 0 Å². The molecule has 0 amide bonds. The minimum absolute atomic E-state index is 0.466. The molecule has 0 aliphatic carbocycles. The summed E-state index contributed by atoms with van der Waals surface area (Å²) in [7, 11) is 0. The molecule has 0 atom stereocenters. The van der Waals surface area contributed by atoms with Crippen molar-refractivity contribution in [1.82, 2.24) is 4.90 Å². The summed E-state index contributed by atoms with van der Waals surface area (Å²) < 4.78 is 0. The summed E-state index contributed by atoms with van der Waals surface area (Å²) in [6.45, 7) is 7.45. The molecule has 0 N–H and O–H groups in total. The highest BCUT2D eigenvalue weighted by molar-refractivity contribution is 5.84. The normalized spacial score (nSPS) is 13.2. The number of rotatable bonds is 36. The van der Waals surface area contributed by atoms with E-state index in [1.807, 2.05) is 0 Å². The van der Waals surface area contributed by atoms with Gasteiger partial charge < -0.3 is 4.90 Å². The third-order valence-electron chi connectivity index (χ3n) is 10.0. The van der Waals surface area contributed by atoms with Crippen molar-refractivity contribution < 1.29 is 4.79 Å². The van der Waals surface area contributed by atoms with Gasteiger partial charge in [0.1, 0.15) is 5.78 Å². The second-order valence-corrected chi connectivity index (χ2v) is 14.3. The van der Waals surface area contributed by atoms with Crippen molar-refractivity contribution in [1.29, 1.82) is 0 Å². The van der Waals surface area contributed by atoms with Gasteiger partial charge in [-0.15, -0.1) is 0 Å². The van der Waals surface area contributed by atoms with E-state index in [0.717, 1.165) is 45.3 Å². The molecule has 0 spiro atoms. The van der Waals surface area contributed by atoms with Gasteiger partial charge in [0.25, 0.3) is 0 Å². The molecule has 1 aliphatic heterocycles. The van der Waals surface area contributed by atoms with E-state index in [1.54, 1.807) is 0 Å². The largest absolute Gasteiger partial charge is 0.358 e. The van der Waals surface area contributed by atoms with Crippen LogP contribution < -0.4 is 0 Å². The van der Waals surface area contributed by atoms with Gasteiger partial charge in [-0.2, -0.15) is 0 Å². The molecule has 44 heavy (non-hydrogen) atoms. The van der Waals surface area contributed by atoms with Crippen LogP contribution in [0.4, 0.5) is 0 Å². The maximum Gasteiger partial charge on any atom is 0.134 e. The Kier molecular flexibility index (Phi) is 31.3. The standard InChI is InChI=1S/C41H80N2O/c1-3-5-7-9-11-13-15-17-19-21-23-25-27-29-31-33-35-41-42-37-39-43(41)38-36-40(44)34-32-30-28-26-24-22-20-18-16-14-12-10-8-6-4-2/h3-39H2,1-2H3. The van der Waals surface area contributed by atoms with Gasteiger partial charge in [-0.3, -0.25) is 9.79 Å². The van der Waals surface area contributed by atoms with Gasteiger partial charge in [0.2, 0.25) is 0 Å². The maximum absolute atomic E-state index is 12.5. The second kappa shape index (κ2) is 33.5. The highest BCUT2D eigenvalue weighted by atomic mass is 16.1. The summed E-state index contributed by atoms with van der Waals surface area (Å²) in [6.07, 6.45) is 45.9. The molecule has 1 rings (SSSR count). The molecule has 0 unspecified atom stereocenters. The summed E-state index contributed by atoms with van der Waals surface area (Å²) in [5.41, 5.74) is 0. The average molecular weight is 617 g/mol. The summed E-state index contributed by atoms with van der Waals surface area (Å²) in [4.78, 5) is 19.7. The first-order chi connectivity index (χ1) is 21.8. The fourth-order valence-electron chi connectivity index (χ4n) is 6.92. The van der Waals surface area contributed by atoms with Gasteiger partial charge in [0.15, 0.2) is 0 Å². The first-order valence-corrected chi connectivity index (χ1v) is 20.6.